The minimum absolute atomic E-state index is 0.250. The van der Waals surface area contributed by atoms with Crippen molar-refractivity contribution in [1.82, 2.24) is 10.1 Å². The molecule has 0 amide bonds. The number of ether oxygens (including phenoxy) is 2. The number of nitrogens with zero attached hydrogens (tertiary/aromatic N) is 2. The van der Waals surface area contributed by atoms with Gasteiger partial charge in [-0.05, 0) is 12.8 Å². The summed E-state index contributed by atoms with van der Waals surface area (Å²) in [6.45, 7) is 0.334. The number of halogens is 2. The molecule has 0 N–H and O–H groups in total. The SMILES string of the molecule is Clc1cncc(Cl)c1-c1noc(C2CC2)c1CC1OCO1. The van der Waals surface area contributed by atoms with Crippen LogP contribution in [0.1, 0.15) is 30.1 Å². The predicted molar refractivity (Wildman–Crippen MR) is 76.3 cm³/mol. The molecule has 4 rings (SSSR count). The van der Waals surface area contributed by atoms with Crippen LogP contribution < -0.4 is 0 Å². The normalized spacial score (nSPS) is 18.8. The van der Waals surface area contributed by atoms with Crippen molar-refractivity contribution in [3.8, 4) is 11.3 Å². The van der Waals surface area contributed by atoms with E-state index in [1.807, 2.05) is 0 Å². The van der Waals surface area contributed by atoms with Gasteiger partial charge < -0.3 is 14.0 Å². The van der Waals surface area contributed by atoms with Gasteiger partial charge in [0.2, 0.25) is 0 Å². The van der Waals surface area contributed by atoms with Gasteiger partial charge in [0.1, 0.15) is 11.5 Å². The zero-order chi connectivity index (χ0) is 14.4. The van der Waals surface area contributed by atoms with E-state index in [2.05, 4.69) is 10.1 Å². The van der Waals surface area contributed by atoms with E-state index < -0.39 is 0 Å². The topological polar surface area (TPSA) is 57.4 Å². The first-order chi connectivity index (χ1) is 10.2. The van der Waals surface area contributed by atoms with E-state index >= 15 is 0 Å². The van der Waals surface area contributed by atoms with Gasteiger partial charge in [0.25, 0.3) is 0 Å². The van der Waals surface area contributed by atoms with Crippen LogP contribution in [0.3, 0.4) is 0 Å². The molecule has 0 unspecified atom stereocenters. The molecular weight excluding hydrogens is 315 g/mol. The molecule has 0 radical (unpaired) electrons. The van der Waals surface area contributed by atoms with Crippen molar-refractivity contribution in [3.63, 3.8) is 0 Å². The van der Waals surface area contributed by atoms with Crippen LogP contribution in [0.4, 0.5) is 0 Å². The number of pyridine rings is 1. The molecule has 110 valence electrons. The first-order valence-corrected chi connectivity index (χ1v) is 7.50. The minimum Gasteiger partial charge on any atom is -0.360 e. The van der Waals surface area contributed by atoms with Crippen LogP contribution in [0.2, 0.25) is 10.0 Å². The van der Waals surface area contributed by atoms with Crippen LogP contribution >= 0.6 is 23.2 Å². The highest BCUT2D eigenvalue weighted by atomic mass is 35.5. The van der Waals surface area contributed by atoms with E-state index in [1.165, 1.54) is 0 Å². The van der Waals surface area contributed by atoms with Gasteiger partial charge in [0.15, 0.2) is 13.1 Å². The molecule has 1 aliphatic heterocycles. The molecule has 2 aromatic rings. The van der Waals surface area contributed by atoms with Crippen LogP contribution in [0.15, 0.2) is 16.9 Å². The van der Waals surface area contributed by atoms with Crippen LogP contribution in [-0.2, 0) is 15.9 Å². The van der Waals surface area contributed by atoms with E-state index in [-0.39, 0.29) is 6.29 Å². The first kappa shape index (κ1) is 13.5. The second-order valence-corrected chi connectivity index (χ2v) is 6.03. The molecule has 21 heavy (non-hydrogen) atoms. The first-order valence-electron chi connectivity index (χ1n) is 6.75. The Hall–Kier alpha value is -1.14. The maximum Gasteiger partial charge on any atom is 0.167 e. The third kappa shape index (κ3) is 2.44. The largest absolute Gasteiger partial charge is 0.360 e. The fourth-order valence-corrected chi connectivity index (χ4v) is 3.01. The lowest BCUT2D eigenvalue weighted by Crippen LogP contribution is -2.32. The summed E-state index contributed by atoms with van der Waals surface area (Å²) >= 11 is 12.5. The monoisotopic (exact) mass is 326 g/mol. The van der Waals surface area contributed by atoms with E-state index in [1.54, 1.807) is 12.4 Å². The molecule has 3 heterocycles. The summed E-state index contributed by atoms with van der Waals surface area (Å²) in [5.41, 5.74) is 2.28. The minimum atomic E-state index is -0.250. The maximum atomic E-state index is 6.23. The molecule has 0 aromatic carbocycles. The van der Waals surface area contributed by atoms with E-state index in [0.29, 0.717) is 40.4 Å². The summed E-state index contributed by atoms with van der Waals surface area (Å²) in [7, 11) is 0. The van der Waals surface area contributed by atoms with Crippen LogP contribution in [-0.4, -0.2) is 23.2 Å². The molecule has 5 nitrogen and oxygen atoms in total. The van der Waals surface area contributed by atoms with Crippen LogP contribution in [0, 0.1) is 0 Å². The Morgan fingerprint density at radius 2 is 1.86 bits per heavy atom. The summed E-state index contributed by atoms with van der Waals surface area (Å²) in [6, 6.07) is 0. The van der Waals surface area contributed by atoms with Crippen molar-refractivity contribution >= 4 is 23.2 Å². The number of hydrogen-bond acceptors (Lipinski definition) is 5. The average molecular weight is 327 g/mol. The molecule has 1 aliphatic carbocycles. The van der Waals surface area contributed by atoms with Gasteiger partial charge in [-0.15, -0.1) is 0 Å². The summed E-state index contributed by atoms with van der Waals surface area (Å²) in [5, 5.41) is 5.11. The highest BCUT2D eigenvalue weighted by Crippen LogP contribution is 2.46. The van der Waals surface area contributed by atoms with E-state index in [9.17, 15) is 0 Å². The molecule has 0 spiro atoms. The smallest absolute Gasteiger partial charge is 0.167 e. The van der Waals surface area contributed by atoms with Crippen molar-refractivity contribution in [1.29, 1.82) is 0 Å². The molecule has 0 atom stereocenters. The molecule has 7 heteroatoms. The van der Waals surface area contributed by atoms with Crippen molar-refractivity contribution in [2.45, 2.75) is 31.5 Å². The quantitative estimate of drug-likeness (QED) is 0.855. The van der Waals surface area contributed by atoms with Gasteiger partial charge in [-0.1, -0.05) is 28.4 Å². The van der Waals surface area contributed by atoms with Gasteiger partial charge in [-0.3, -0.25) is 4.98 Å². The van der Waals surface area contributed by atoms with E-state index in [0.717, 1.165) is 24.2 Å². The Bertz CT molecular complexity index is 661. The Kier molecular flexibility index (Phi) is 3.38. The lowest BCUT2D eigenvalue weighted by molar-refractivity contribution is -0.318. The van der Waals surface area contributed by atoms with Crippen molar-refractivity contribution in [2.24, 2.45) is 0 Å². The second-order valence-electron chi connectivity index (χ2n) is 5.21. The Morgan fingerprint density at radius 3 is 2.43 bits per heavy atom. The summed E-state index contributed by atoms with van der Waals surface area (Å²) < 4.78 is 16.2. The Balaban J connectivity index is 1.80. The predicted octanol–water partition coefficient (Wildman–Crippen LogP) is 3.79. The maximum absolute atomic E-state index is 6.23. The highest BCUT2D eigenvalue weighted by Gasteiger charge is 2.35. The van der Waals surface area contributed by atoms with Crippen molar-refractivity contribution < 1.29 is 14.0 Å². The molecule has 2 aliphatic rings. The fourth-order valence-electron chi connectivity index (χ4n) is 2.47. The third-order valence-corrected chi connectivity index (χ3v) is 4.31. The standard InChI is InChI=1S/C14H12Cl2N2O3/c15-9-4-17-5-10(16)12(9)13-8(3-11-19-6-20-11)14(21-18-13)7-1-2-7/h4-5,7,11H,1-3,6H2. The van der Waals surface area contributed by atoms with Crippen LogP contribution in [0.25, 0.3) is 11.3 Å². The summed E-state index contributed by atoms with van der Waals surface area (Å²) in [4.78, 5) is 3.97. The molecular formula is C14H12Cl2N2O3. The molecule has 0 bridgehead atoms. The van der Waals surface area contributed by atoms with Gasteiger partial charge in [0.05, 0.1) is 10.0 Å². The fraction of sp³-hybridized carbons (Fsp3) is 0.429. The lowest BCUT2D eigenvalue weighted by Gasteiger charge is -2.26. The van der Waals surface area contributed by atoms with Gasteiger partial charge >= 0.3 is 0 Å². The molecule has 2 fully saturated rings. The second kappa shape index (κ2) is 5.25. The number of rotatable bonds is 4. The average Bonchev–Trinajstić information content (AvgIpc) is 3.16. The van der Waals surface area contributed by atoms with Crippen LogP contribution in [0.5, 0.6) is 0 Å². The molecule has 1 saturated carbocycles. The van der Waals surface area contributed by atoms with Crippen molar-refractivity contribution in [2.75, 3.05) is 6.79 Å². The zero-order valence-corrected chi connectivity index (χ0v) is 12.5. The third-order valence-electron chi connectivity index (χ3n) is 3.74. The van der Waals surface area contributed by atoms with Crippen molar-refractivity contribution in [3.05, 3.63) is 33.8 Å². The van der Waals surface area contributed by atoms with Gasteiger partial charge in [-0.25, -0.2) is 0 Å². The molecule has 1 saturated heterocycles. The van der Waals surface area contributed by atoms with E-state index in [4.69, 9.17) is 37.2 Å². The van der Waals surface area contributed by atoms with Gasteiger partial charge in [-0.2, -0.15) is 0 Å². The highest BCUT2D eigenvalue weighted by molar-refractivity contribution is 6.38. The Labute approximate surface area is 131 Å². The lowest BCUT2D eigenvalue weighted by atomic mass is 10.0. The summed E-state index contributed by atoms with van der Waals surface area (Å²) in [6.07, 6.45) is 5.67. The number of aromatic nitrogens is 2. The van der Waals surface area contributed by atoms with Gasteiger partial charge in [0, 0.05) is 35.9 Å². The Morgan fingerprint density at radius 1 is 1.14 bits per heavy atom. The molecule has 2 aromatic heterocycles. The zero-order valence-electron chi connectivity index (χ0n) is 11.0. The number of hydrogen-bond donors (Lipinski definition) is 0. The summed E-state index contributed by atoms with van der Waals surface area (Å²) in [5.74, 6) is 1.33.